The van der Waals surface area contributed by atoms with Crippen molar-refractivity contribution in [2.24, 2.45) is 0 Å². The third-order valence-electron chi connectivity index (χ3n) is 2.99. The molecule has 1 saturated heterocycles. The Morgan fingerprint density at radius 3 is 2.60 bits per heavy atom. The fraction of sp³-hybridized carbons (Fsp3) is 0.385. The fourth-order valence-electron chi connectivity index (χ4n) is 1.88. The predicted molar refractivity (Wildman–Crippen MR) is 82.8 cm³/mol. The summed E-state index contributed by atoms with van der Waals surface area (Å²) in [4.78, 5) is 25.3. The average Bonchev–Trinajstić information content (AvgIpc) is 2.47. The second-order valence-corrected chi connectivity index (χ2v) is 5.94. The standard InChI is InChI=1S/C13H16ClN3O2S/c1-15-12(18)10-3-2-9(8-11(10)14)16-13(19)17-4-6-20-7-5-17/h2-3,8H,4-7H2,1H3,(H,15,18)(H,16,19). The Morgan fingerprint density at radius 2 is 2.00 bits per heavy atom. The van der Waals surface area contributed by atoms with Crippen LogP contribution in [0.25, 0.3) is 0 Å². The number of nitrogens with one attached hydrogen (secondary N) is 2. The van der Waals surface area contributed by atoms with Gasteiger partial charge < -0.3 is 15.5 Å². The highest BCUT2D eigenvalue weighted by atomic mass is 35.5. The van der Waals surface area contributed by atoms with E-state index in [1.165, 1.54) is 0 Å². The van der Waals surface area contributed by atoms with Crippen LogP contribution in [-0.2, 0) is 0 Å². The topological polar surface area (TPSA) is 61.4 Å². The summed E-state index contributed by atoms with van der Waals surface area (Å²) < 4.78 is 0. The zero-order valence-corrected chi connectivity index (χ0v) is 12.7. The SMILES string of the molecule is CNC(=O)c1ccc(NC(=O)N2CCSCC2)cc1Cl. The van der Waals surface area contributed by atoms with Crippen LogP contribution in [0.4, 0.5) is 10.5 Å². The highest BCUT2D eigenvalue weighted by Crippen LogP contribution is 2.21. The zero-order chi connectivity index (χ0) is 14.5. The highest BCUT2D eigenvalue weighted by Gasteiger charge is 2.17. The average molecular weight is 314 g/mol. The van der Waals surface area contributed by atoms with Gasteiger partial charge in [0.05, 0.1) is 10.6 Å². The smallest absolute Gasteiger partial charge is 0.321 e. The minimum atomic E-state index is -0.249. The number of amides is 3. The molecule has 1 heterocycles. The van der Waals surface area contributed by atoms with Gasteiger partial charge in [0, 0.05) is 37.3 Å². The van der Waals surface area contributed by atoms with Gasteiger partial charge in [-0.25, -0.2) is 4.79 Å². The van der Waals surface area contributed by atoms with Crippen molar-refractivity contribution >= 4 is 41.0 Å². The lowest BCUT2D eigenvalue weighted by molar-refractivity contribution is 0.0963. The van der Waals surface area contributed by atoms with Crippen LogP contribution in [0.1, 0.15) is 10.4 Å². The quantitative estimate of drug-likeness (QED) is 0.880. The number of nitrogens with zero attached hydrogens (tertiary/aromatic N) is 1. The van der Waals surface area contributed by atoms with Gasteiger partial charge in [-0.05, 0) is 18.2 Å². The van der Waals surface area contributed by atoms with Gasteiger partial charge in [-0.1, -0.05) is 11.6 Å². The van der Waals surface area contributed by atoms with E-state index in [4.69, 9.17) is 11.6 Å². The van der Waals surface area contributed by atoms with Crippen molar-refractivity contribution in [1.82, 2.24) is 10.2 Å². The van der Waals surface area contributed by atoms with E-state index >= 15 is 0 Å². The van der Waals surface area contributed by atoms with Crippen molar-refractivity contribution < 1.29 is 9.59 Å². The van der Waals surface area contributed by atoms with E-state index < -0.39 is 0 Å². The largest absolute Gasteiger partial charge is 0.355 e. The number of urea groups is 1. The first kappa shape index (κ1) is 15.0. The molecule has 20 heavy (non-hydrogen) atoms. The molecule has 3 amide bonds. The van der Waals surface area contributed by atoms with Crippen LogP contribution in [0.15, 0.2) is 18.2 Å². The molecule has 5 nitrogen and oxygen atoms in total. The molecule has 108 valence electrons. The van der Waals surface area contributed by atoms with Crippen molar-refractivity contribution in [2.75, 3.05) is 37.0 Å². The minimum absolute atomic E-state index is 0.131. The number of halogens is 1. The van der Waals surface area contributed by atoms with E-state index in [9.17, 15) is 9.59 Å². The maximum atomic E-state index is 12.0. The molecule has 2 rings (SSSR count). The first-order chi connectivity index (χ1) is 9.61. The Morgan fingerprint density at radius 1 is 1.30 bits per heavy atom. The first-order valence-corrected chi connectivity index (χ1v) is 7.80. The second kappa shape index (κ2) is 6.85. The van der Waals surface area contributed by atoms with Crippen LogP contribution in [0.2, 0.25) is 5.02 Å². The molecule has 0 bridgehead atoms. The van der Waals surface area contributed by atoms with Crippen LogP contribution in [0, 0.1) is 0 Å². The van der Waals surface area contributed by atoms with E-state index in [0.29, 0.717) is 16.3 Å². The third kappa shape index (κ3) is 3.58. The number of carbonyl (C=O) groups excluding carboxylic acids is 2. The number of carbonyl (C=O) groups is 2. The molecule has 0 atom stereocenters. The van der Waals surface area contributed by atoms with E-state index in [-0.39, 0.29) is 11.9 Å². The molecule has 2 N–H and O–H groups in total. The summed E-state index contributed by atoms with van der Waals surface area (Å²) in [6, 6.07) is 4.73. The molecule has 7 heteroatoms. The highest BCUT2D eigenvalue weighted by molar-refractivity contribution is 7.99. The molecule has 0 aromatic heterocycles. The second-order valence-electron chi connectivity index (χ2n) is 4.30. The van der Waals surface area contributed by atoms with Crippen LogP contribution in [0.3, 0.4) is 0 Å². The lowest BCUT2D eigenvalue weighted by Gasteiger charge is -2.26. The van der Waals surface area contributed by atoms with Gasteiger partial charge in [0.15, 0.2) is 0 Å². The predicted octanol–water partition coefficient (Wildman–Crippen LogP) is 2.28. The first-order valence-electron chi connectivity index (χ1n) is 6.27. The molecule has 1 fully saturated rings. The minimum Gasteiger partial charge on any atom is -0.355 e. The summed E-state index contributed by atoms with van der Waals surface area (Å²) >= 11 is 7.89. The number of thioether (sulfide) groups is 1. The lowest BCUT2D eigenvalue weighted by Crippen LogP contribution is -2.40. The van der Waals surface area contributed by atoms with E-state index in [1.807, 2.05) is 11.8 Å². The van der Waals surface area contributed by atoms with Crippen molar-refractivity contribution in [3.05, 3.63) is 28.8 Å². The molecule has 1 aliphatic heterocycles. The van der Waals surface area contributed by atoms with Gasteiger partial charge >= 0.3 is 6.03 Å². The normalized spacial score (nSPS) is 14.8. The number of rotatable bonds is 2. The van der Waals surface area contributed by atoms with Crippen LogP contribution in [0.5, 0.6) is 0 Å². The molecule has 0 aliphatic carbocycles. The summed E-state index contributed by atoms with van der Waals surface area (Å²) in [5.41, 5.74) is 0.979. The lowest BCUT2D eigenvalue weighted by atomic mass is 10.2. The monoisotopic (exact) mass is 313 g/mol. The van der Waals surface area contributed by atoms with E-state index in [0.717, 1.165) is 24.6 Å². The molecule has 0 unspecified atom stereocenters. The maximum Gasteiger partial charge on any atom is 0.321 e. The number of hydrogen-bond donors (Lipinski definition) is 2. The maximum absolute atomic E-state index is 12.0. The molecule has 1 aromatic rings. The van der Waals surface area contributed by atoms with Crippen molar-refractivity contribution in [1.29, 1.82) is 0 Å². The van der Waals surface area contributed by atoms with E-state index in [2.05, 4.69) is 10.6 Å². The van der Waals surface area contributed by atoms with Gasteiger partial charge in [-0.2, -0.15) is 11.8 Å². The zero-order valence-electron chi connectivity index (χ0n) is 11.1. The third-order valence-corrected chi connectivity index (χ3v) is 4.25. The summed E-state index contributed by atoms with van der Waals surface area (Å²) in [5, 5.41) is 5.63. The van der Waals surface area contributed by atoms with Gasteiger partial charge in [0.2, 0.25) is 0 Å². The number of hydrogen-bond acceptors (Lipinski definition) is 3. The number of anilines is 1. The van der Waals surface area contributed by atoms with Crippen LogP contribution >= 0.6 is 23.4 Å². The Labute approximate surface area is 127 Å². The Bertz CT molecular complexity index is 518. The Balaban J connectivity index is 2.04. The molecular formula is C13H16ClN3O2S. The summed E-state index contributed by atoms with van der Waals surface area (Å²) in [5.74, 6) is 1.68. The van der Waals surface area contributed by atoms with Gasteiger partial charge in [-0.3, -0.25) is 4.79 Å². The Kier molecular flexibility index (Phi) is 5.14. The van der Waals surface area contributed by atoms with Gasteiger partial charge in [0.1, 0.15) is 0 Å². The van der Waals surface area contributed by atoms with E-state index in [1.54, 1.807) is 30.1 Å². The Hall–Kier alpha value is -1.40. The molecule has 1 aromatic carbocycles. The van der Waals surface area contributed by atoms with Crippen molar-refractivity contribution in [3.8, 4) is 0 Å². The van der Waals surface area contributed by atoms with Crippen LogP contribution < -0.4 is 10.6 Å². The van der Waals surface area contributed by atoms with Crippen molar-refractivity contribution in [2.45, 2.75) is 0 Å². The van der Waals surface area contributed by atoms with Crippen molar-refractivity contribution in [3.63, 3.8) is 0 Å². The summed E-state index contributed by atoms with van der Waals surface area (Å²) in [6.45, 7) is 1.50. The molecule has 1 aliphatic rings. The molecule has 0 saturated carbocycles. The number of benzene rings is 1. The van der Waals surface area contributed by atoms with Crippen LogP contribution in [-0.4, -0.2) is 48.5 Å². The summed E-state index contributed by atoms with van der Waals surface area (Å²) in [6.07, 6.45) is 0. The molecular weight excluding hydrogens is 298 g/mol. The van der Waals surface area contributed by atoms with Gasteiger partial charge in [0.25, 0.3) is 5.91 Å². The molecule has 0 radical (unpaired) electrons. The fourth-order valence-corrected chi connectivity index (χ4v) is 3.05. The molecule has 0 spiro atoms. The summed E-state index contributed by atoms with van der Waals surface area (Å²) in [7, 11) is 1.54. The van der Waals surface area contributed by atoms with Gasteiger partial charge in [-0.15, -0.1) is 0 Å².